The standard InChI is InChI=1S/C38H23NOS/c1-3-11-24(12-4-1)25-21-22-34-32(23-25)28-17-9-16-27(36(28)40-34)29-18-10-19-31-35-38(41-37(29)31)30-15-7-8-20-33(30)39(35)26-13-5-2-6-14-26/h1-23H. The second kappa shape index (κ2) is 8.69. The maximum absolute atomic E-state index is 6.60. The maximum Gasteiger partial charge on any atom is 0.143 e. The summed E-state index contributed by atoms with van der Waals surface area (Å²) in [6.45, 7) is 0. The van der Waals surface area contributed by atoms with Crippen LogP contribution >= 0.6 is 11.3 Å². The Hall–Kier alpha value is -5.12. The first-order valence-electron chi connectivity index (χ1n) is 13.9. The fourth-order valence-corrected chi connectivity index (χ4v) is 7.72. The van der Waals surface area contributed by atoms with Gasteiger partial charge in [0.05, 0.1) is 15.7 Å². The van der Waals surface area contributed by atoms with Crippen molar-refractivity contribution in [2.45, 2.75) is 0 Å². The van der Waals surface area contributed by atoms with E-state index in [2.05, 4.69) is 144 Å². The third kappa shape index (κ3) is 3.30. The molecule has 0 fully saturated rings. The van der Waals surface area contributed by atoms with Crippen LogP contribution in [0.3, 0.4) is 0 Å². The van der Waals surface area contributed by atoms with Crippen molar-refractivity contribution in [3.8, 4) is 27.9 Å². The molecule has 9 rings (SSSR count). The summed E-state index contributed by atoms with van der Waals surface area (Å²) in [5.41, 5.74) is 10.3. The van der Waals surface area contributed by atoms with Crippen molar-refractivity contribution in [1.29, 1.82) is 0 Å². The number of thiophene rings is 1. The fourth-order valence-electron chi connectivity index (χ4n) is 6.37. The molecule has 0 aliphatic rings. The highest BCUT2D eigenvalue weighted by Crippen LogP contribution is 2.47. The monoisotopic (exact) mass is 541 g/mol. The summed E-state index contributed by atoms with van der Waals surface area (Å²) in [5, 5.41) is 4.84. The number of hydrogen-bond acceptors (Lipinski definition) is 2. The van der Waals surface area contributed by atoms with E-state index in [4.69, 9.17) is 4.42 Å². The van der Waals surface area contributed by atoms with Crippen LogP contribution in [0.4, 0.5) is 0 Å². The van der Waals surface area contributed by atoms with E-state index in [1.54, 1.807) is 0 Å². The predicted molar refractivity (Wildman–Crippen MR) is 174 cm³/mol. The van der Waals surface area contributed by atoms with E-state index < -0.39 is 0 Å². The van der Waals surface area contributed by atoms with Crippen molar-refractivity contribution in [3.05, 3.63) is 140 Å². The fraction of sp³-hybridized carbons (Fsp3) is 0. The number of furan rings is 1. The molecule has 6 aromatic carbocycles. The van der Waals surface area contributed by atoms with Gasteiger partial charge < -0.3 is 8.98 Å². The van der Waals surface area contributed by atoms with Gasteiger partial charge in [0.15, 0.2) is 0 Å². The minimum absolute atomic E-state index is 0.914. The molecule has 0 bridgehead atoms. The van der Waals surface area contributed by atoms with Crippen molar-refractivity contribution in [3.63, 3.8) is 0 Å². The molecule has 9 aromatic rings. The van der Waals surface area contributed by atoms with Gasteiger partial charge >= 0.3 is 0 Å². The molecule has 3 heteroatoms. The molecule has 0 atom stereocenters. The Morgan fingerprint density at radius 2 is 1.20 bits per heavy atom. The number of rotatable bonds is 3. The van der Waals surface area contributed by atoms with Gasteiger partial charge in [0, 0.05) is 43.1 Å². The second-order valence-electron chi connectivity index (χ2n) is 10.5. The number of fused-ring (bicyclic) bond motifs is 8. The van der Waals surface area contributed by atoms with Crippen LogP contribution in [-0.4, -0.2) is 4.57 Å². The van der Waals surface area contributed by atoms with Crippen LogP contribution in [-0.2, 0) is 0 Å². The Morgan fingerprint density at radius 3 is 2.05 bits per heavy atom. The lowest BCUT2D eigenvalue weighted by Crippen LogP contribution is -1.92. The Labute approximate surface area is 240 Å². The summed E-state index contributed by atoms with van der Waals surface area (Å²) < 4.78 is 11.6. The third-order valence-corrected chi connectivity index (χ3v) is 9.47. The lowest BCUT2D eigenvalue weighted by atomic mass is 9.99. The molecular weight excluding hydrogens is 518 g/mol. The molecule has 2 nitrogen and oxygen atoms in total. The first-order chi connectivity index (χ1) is 20.3. The zero-order chi connectivity index (χ0) is 26.9. The third-order valence-electron chi connectivity index (χ3n) is 8.21. The second-order valence-corrected chi connectivity index (χ2v) is 11.5. The van der Waals surface area contributed by atoms with Crippen LogP contribution in [0.1, 0.15) is 0 Å². The van der Waals surface area contributed by atoms with E-state index in [1.807, 2.05) is 11.3 Å². The minimum atomic E-state index is 0.914. The summed E-state index contributed by atoms with van der Waals surface area (Å²) in [4.78, 5) is 0. The van der Waals surface area contributed by atoms with Crippen molar-refractivity contribution in [2.24, 2.45) is 0 Å². The van der Waals surface area contributed by atoms with Crippen LogP contribution in [0.25, 0.3) is 81.1 Å². The zero-order valence-corrected chi connectivity index (χ0v) is 22.9. The van der Waals surface area contributed by atoms with E-state index in [9.17, 15) is 0 Å². The lowest BCUT2D eigenvalue weighted by Gasteiger charge is -2.09. The van der Waals surface area contributed by atoms with Crippen LogP contribution in [0.15, 0.2) is 144 Å². The van der Waals surface area contributed by atoms with Gasteiger partial charge in [-0.05, 0) is 41.5 Å². The summed E-state index contributed by atoms with van der Waals surface area (Å²) in [6.07, 6.45) is 0. The van der Waals surface area contributed by atoms with Gasteiger partial charge in [-0.1, -0.05) is 109 Å². The van der Waals surface area contributed by atoms with E-state index in [0.717, 1.165) is 27.5 Å². The Bertz CT molecular complexity index is 2410. The van der Waals surface area contributed by atoms with Gasteiger partial charge in [-0.2, -0.15) is 0 Å². The van der Waals surface area contributed by atoms with Crippen LogP contribution in [0, 0.1) is 0 Å². The van der Waals surface area contributed by atoms with Crippen LogP contribution in [0.5, 0.6) is 0 Å². The molecule has 0 amide bonds. The summed E-state index contributed by atoms with van der Waals surface area (Å²) in [7, 11) is 0. The number of benzene rings is 6. The van der Waals surface area contributed by atoms with E-state index in [0.29, 0.717) is 0 Å². The molecule has 0 aliphatic heterocycles. The van der Waals surface area contributed by atoms with Gasteiger partial charge in [-0.15, -0.1) is 11.3 Å². The Balaban J connectivity index is 1.32. The summed E-state index contributed by atoms with van der Waals surface area (Å²) in [5.74, 6) is 0. The van der Waals surface area contributed by atoms with Crippen molar-refractivity contribution in [1.82, 2.24) is 4.57 Å². The highest BCUT2D eigenvalue weighted by molar-refractivity contribution is 7.27. The Morgan fingerprint density at radius 1 is 0.488 bits per heavy atom. The highest BCUT2D eigenvalue weighted by Gasteiger charge is 2.21. The molecule has 0 radical (unpaired) electrons. The molecule has 41 heavy (non-hydrogen) atoms. The molecule has 0 saturated carbocycles. The first-order valence-corrected chi connectivity index (χ1v) is 14.7. The van der Waals surface area contributed by atoms with Crippen LogP contribution in [0.2, 0.25) is 0 Å². The highest BCUT2D eigenvalue weighted by atomic mass is 32.1. The predicted octanol–water partition coefficient (Wildman–Crippen LogP) is 11.2. The van der Waals surface area contributed by atoms with Crippen molar-refractivity contribution < 1.29 is 4.42 Å². The molecule has 0 aliphatic carbocycles. The number of para-hydroxylation sites is 3. The van der Waals surface area contributed by atoms with Gasteiger partial charge in [0.2, 0.25) is 0 Å². The normalized spacial score (nSPS) is 11.9. The smallest absolute Gasteiger partial charge is 0.143 e. The largest absolute Gasteiger partial charge is 0.455 e. The molecule has 0 spiro atoms. The molecule has 0 saturated heterocycles. The number of nitrogens with zero attached hydrogens (tertiary/aromatic N) is 1. The van der Waals surface area contributed by atoms with Crippen molar-refractivity contribution in [2.75, 3.05) is 0 Å². The van der Waals surface area contributed by atoms with E-state index >= 15 is 0 Å². The number of aromatic nitrogens is 1. The zero-order valence-electron chi connectivity index (χ0n) is 22.0. The van der Waals surface area contributed by atoms with Crippen molar-refractivity contribution >= 4 is 64.5 Å². The maximum atomic E-state index is 6.60. The molecular formula is C38H23NOS. The number of hydrogen-bond donors (Lipinski definition) is 0. The lowest BCUT2D eigenvalue weighted by molar-refractivity contribution is 0.670. The van der Waals surface area contributed by atoms with Gasteiger partial charge in [0.1, 0.15) is 11.2 Å². The van der Waals surface area contributed by atoms with Gasteiger partial charge in [-0.3, -0.25) is 0 Å². The summed E-state index contributed by atoms with van der Waals surface area (Å²) >= 11 is 1.88. The molecule has 0 N–H and O–H groups in total. The van der Waals surface area contributed by atoms with Gasteiger partial charge in [-0.25, -0.2) is 0 Å². The summed E-state index contributed by atoms with van der Waals surface area (Å²) in [6, 6.07) is 49.7. The topological polar surface area (TPSA) is 18.1 Å². The average molecular weight is 542 g/mol. The van der Waals surface area contributed by atoms with E-state index in [1.165, 1.54) is 53.6 Å². The Kier molecular flexibility index (Phi) is 4.80. The van der Waals surface area contributed by atoms with Crippen LogP contribution < -0.4 is 0 Å². The quantitative estimate of drug-likeness (QED) is 0.217. The average Bonchev–Trinajstić information content (AvgIpc) is 3.70. The molecule has 192 valence electrons. The molecule has 0 unspecified atom stereocenters. The van der Waals surface area contributed by atoms with Gasteiger partial charge in [0.25, 0.3) is 0 Å². The minimum Gasteiger partial charge on any atom is -0.455 e. The molecule has 3 aromatic heterocycles. The SMILES string of the molecule is c1ccc(-c2ccc3oc4c(-c5cccc6c5sc5c7ccccc7n(-c7ccccc7)c65)cccc4c3c2)cc1. The molecule has 3 heterocycles. The van der Waals surface area contributed by atoms with E-state index in [-0.39, 0.29) is 0 Å². The first kappa shape index (κ1) is 22.7.